The van der Waals surface area contributed by atoms with Gasteiger partial charge in [0.15, 0.2) is 5.54 Å². The van der Waals surface area contributed by atoms with Crippen LogP contribution in [-0.4, -0.2) is 45.7 Å². The number of amides is 4. The molecule has 0 aliphatic carbocycles. The zero-order valence-corrected chi connectivity index (χ0v) is 20.7. The van der Waals surface area contributed by atoms with Gasteiger partial charge in [-0.05, 0) is 78.3 Å². The number of piperidine rings is 1. The zero-order valence-electron chi connectivity index (χ0n) is 19.9. The summed E-state index contributed by atoms with van der Waals surface area (Å²) in [6.45, 7) is 5.26. The van der Waals surface area contributed by atoms with Crippen LogP contribution >= 0.6 is 11.3 Å². The second-order valence-corrected chi connectivity index (χ2v) is 10.1. The number of hydrogen-bond acceptors (Lipinski definition) is 5. The summed E-state index contributed by atoms with van der Waals surface area (Å²) >= 11 is 1.54. The van der Waals surface area contributed by atoms with Crippen molar-refractivity contribution in [2.75, 3.05) is 13.1 Å². The molecule has 35 heavy (non-hydrogen) atoms. The second-order valence-electron chi connectivity index (χ2n) is 9.32. The SMILES string of the molecule is Cc1cccc(C(=O)N2CCC(C3(c4cccnc4)NC(=O)N(Cc4ccsc4)C3=O)CC2)c1C. The zero-order chi connectivity index (χ0) is 24.6. The lowest BCUT2D eigenvalue weighted by molar-refractivity contribution is -0.134. The van der Waals surface area contributed by atoms with Crippen molar-refractivity contribution >= 4 is 29.2 Å². The van der Waals surface area contributed by atoms with Gasteiger partial charge < -0.3 is 10.2 Å². The van der Waals surface area contributed by atoms with Gasteiger partial charge in [-0.2, -0.15) is 11.3 Å². The first kappa shape index (κ1) is 23.2. The Labute approximate surface area is 208 Å². The Bertz CT molecular complexity index is 1250. The Morgan fingerprint density at radius 2 is 1.94 bits per heavy atom. The second kappa shape index (κ2) is 9.26. The van der Waals surface area contributed by atoms with E-state index in [4.69, 9.17) is 0 Å². The van der Waals surface area contributed by atoms with Crippen molar-refractivity contribution in [2.45, 2.75) is 38.8 Å². The van der Waals surface area contributed by atoms with Crippen molar-refractivity contribution < 1.29 is 14.4 Å². The molecule has 3 aromatic rings. The average molecular weight is 489 g/mol. The highest BCUT2D eigenvalue weighted by Crippen LogP contribution is 2.42. The molecule has 2 saturated heterocycles. The number of thiophene rings is 1. The summed E-state index contributed by atoms with van der Waals surface area (Å²) in [5.41, 5.74) is 3.23. The molecular weight excluding hydrogens is 460 g/mol. The molecule has 1 unspecified atom stereocenters. The maximum Gasteiger partial charge on any atom is 0.325 e. The van der Waals surface area contributed by atoms with Crippen molar-refractivity contribution in [3.8, 4) is 0 Å². The van der Waals surface area contributed by atoms with Gasteiger partial charge in [0.2, 0.25) is 0 Å². The third-order valence-electron chi connectivity index (χ3n) is 7.40. The minimum atomic E-state index is -1.18. The maximum atomic E-state index is 13.9. The molecule has 0 spiro atoms. The highest BCUT2D eigenvalue weighted by molar-refractivity contribution is 7.07. The first-order valence-electron chi connectivity index (χ1n) is 11.8. The molecular formula is C27H28N4O3S. The fraction of sp³-hybridized carbons (Fsp3) is 0.333. The molecule has 0 radical (unpaired) electrons. The first-order chi connectivity index (χ1) is 16.9. The number of aromatic nitrogens is 1. The molecule has 8 heteroatoms. The standard InChI is InChI=1S/C27H28N4O3S/c1-18-5-3-7-23(19(18)2)24(32)30-12-8-21(9-13-30)27(22-6-4-11-28-15-22)25(33)31(26(34)29-27)16-20-10-14-35-17-20/h3-7,10-11,14-15,17,21H,8-9,12-13,16H2,1-2H3,(H,29,34). The van der Waals surface area contributed by atoms with Crippen molar-refractivity contribution in [1.29, 1.82) is 0 Å². The number of carbonyl (C=O) groups excluding carboxylic acids is 3. The van der Waals surface area contributed by atoms with Crippen molar-refractivity contribution in [3.05, 3.63) is 87.4 Å². The van der Waals surface area contributed by atoms with Crippen molar-refractivity contribution in [2.24, 2.45) is 5.92 Å². The molecule has 1 atom stereocenters. The Morgan fingerprint density at radius 3 is 2.63 bits per heavy atom. The van der Waals surface area contributed by atoms with E-state index < -0.39 is 5.54 Å². The number of benzene rings is 1. The lowest BCUT2D eigenvalue weighted by Gasteiger charge is -2.41. The van der Waals surface area contributed by atoms with Gasteiger partial charge in [-0.25, -0.2) is 4.79 Å². The highest BCUT2D eigenvalue weighted by atomic mass is 32.1. The quantitative estimate of drug-likeness (QED) is 0.544. The molecule has 180 valence electrons. The van der Waals surface area contributed by atoms with E-state index in [9.17, 15) is 14.4 Å². The fourth-order valence-electron chi connectivity index (χ4n) is 5.28. The third-order valence-corrected chi connectivity index (χ3v) is 8.13. The predicted octanol–water partition coefficient (Wildman–Crippen LogP) is 4.26. The van der Waals surface area contributed by atoms with Crippen LogP contribution in [0.2, 0.25) is 0 Å². The first-order valence-corrected chi connectivity index (χ1v) is 12.8. The van der Waals surface area contributed by atoms with Crippen LogP contribution in [0.25, 0.3) is 0 Å². The Hall–Kier alpha value is -3.52. The summed E-state index contributed by atoms with van der Waals surface area (Å²) in [6.07, 6.45) is 4.53. The number of carbonyl (C=O) groups is 3. The average Bonchev–Trinajstić information content (AvgIpc) is 3.49. The van der Waals surface area contributed by atoms with Crippen LogP contribution in [0.15, 0.2) is 59.6 Å². The Balaban J connectivity index is 1.41. The third kappa shape index (κ3) is 4.01. The van der Waals surface area contributed by atoms with E-state index in [0.29, 0.717) is 31.5 Å². The van der Waals surface area contributed by atoms with Crippen molar-refractivity contribution in [1.82, 2.24) is 20.1 Å². The van der Waals surface area contributed by atoms with Crippen LogP contribution in [0.4, 0.5) is 4.79 Å². The van der Waals surface area contributed by atoms with Gasteiger partial charge in [0, 0.05) is 36.6 Å². The van der Waals surface area contributed by atoms with Crippen LogP contribution in [-0.2, 0) is 16.9 Å². The van der Waals surface area contributed by atoms with Crippen LogP contribution in [0.1, 0.15) is 45.5 Å². The number of hydrogen-bond donors (Lipinski definition) is 1. The van der Waals surface area contributed by atoms with Gasteiger partial charge in [-0.3, -0.25) is 19.5 Å². The number of imide groups is 1. The summed E-state index contributed by atoms with van der Waals surface area (Å²) < 4.78 is 0. The summed E-state index contributed by atoms with van der Waals surface area (Å²) in [5, 5.41) is 6.94. The van der Waals surface area contributed by atoms with Crippen LogP contribution in [0.3, 0.4) is 0 Å². The summed E-state index contributed by atoms with van der Waals surface area (Å²) in [5.74, 6) is -0.389. The Morgan fingerprint density at radius 1 is 1.14 bits per heavy atom. The minimum absolute atomic E-state index is 0.0148. The van der Waals surface area contributed by atoms with Crippen LogP contribution in [0.5, 0.6) is 0 Å². The molecule has 0 bridgehead atoms. The van der Waals surface area contributed by atoms with E-state index in [-0.39, 0.29) is 30.3 Å². The van der Waals surface area contributed by atoms with Crippen LogP contribution in [0, 0.1) is 19.8 Å². The largest absolute Gasteiger partial charge is 0.339 e. The molecule has 1 aromatic carbocycles. The normalized spacial score (nSPS) is 20.9. The van der Waals surface area contributed by atoms with Gasteiger partial charge in [-0.15, -0.1) is 0 Å². The molecule has 0 saturated carbocycles. The molecule has 2 aliphatic rings. The number of nitrogens with one attached hydrogen (secondary N) is 1. The van der Waals surface area contributed by atoms with Gasteiger partial charge in [0.1, 0.15) is 0 Å². The molecule has 5 rings (SSSR count). The lowest BCUT2D eigenvalue weighted by Crippen LogP contribution is -2.54. The van der Waals surface area contributed by atoms with E-state index in [1.165, 1.54) is 16.2 Å². The van der Waals surface area contributed by atoms with Crippen molar-refractivity contribution in [3.63, 3.8) is 0 Å². The number of likely N-dealkylation sites (tertiary alicyclic amines) is 1. The highest BCUT2D eigenvalue weighted by Gasteiger charge is 2.57. The number of urea groups is 1. The lowest BCUT2D eigenvalue weighted by atomic mass is 9.73. The topological polar surface area (TPSA) is 82.6 Å². The van der Waals surface area contributed by atoms with E-state index in [1.807, 2.05) is 59.8 Å². The van der Waals surface area contributed by atoms with Gasteiger partial charge in [0.05, 0.1) is 6.54 Å². The maximum absolute atomic E-state index is 13.9. The smallest absolute Gasteiger partial charge is 0.325 e. The van der Waals surface area contributed by atoms with E-state index >= 15 is 0 Å². The number of pyridine rings is 1. The fourth-order valence-corrected chi connectivity index (χ4v) is 5.94. The van der Waals surface area contributed by atoms with Gasteiger partial charge >= 0.3 is 6.03 Å². The molecule has 4 heterocycles. The summed E-state index contributed by atoms with van der Waals surface area (Å²) in [4.78, 5) is 47.7. The van der Waals surface area contributed by atoms with Gasteiger partial charge in [-0.1, -0.05) is 18.2 Å². The van der Waals surface area contributed by atoms with E-state index in [2.05, 4.69) is 10.3 Å². The molecule has 2 aromatic heterocycles. The molecule has 1 N–H and O–H groups in total. The number of nitrogens with zero attached hydrogens (tertiary/aromatic N) is 3. The number of rotatable bonds is 5. The monoisotopic (exact) mass is 488 g/mol. The molecule has 2 aliphatic heterocycles. The Kier molecular flexibility index (Phi) is 6.15. The molecule has 2 fully saturated rings. The number of aryl methyl sites for hydroxylation is 1. The predicted molar refractivity (Wildman–Crippen MR) is 134 cm³/mol. The van der Waals surface area contributed by atoms with E-state index in [1.54, 1.807) is 18.5 Å². The van der Waals surface area contributed by atoms with E-state index in [0.717, 1.165) is 22.3 Å². The molecule has 7 nitrogen and oxygen atoms in total. The van der Waals surface area contributed by atoms with Crippen LogP contribution < -0.4 is 5.32 Å². The molecule has 4 amide bonds. The minimum Gasteiger partial charge on any atom is -0.339 e. The van der Waals surface area contributed by atoms with Gasteiger partial charge in [0.25, 0.3) is 11.8 Å². The summed E-state index contributed by atoms with van der Waals surface area (Å²) in [6, 6.07) is 11.0. The summed E-state index contributed by atoms with van der Waals surface area (Å²) in [7, 11) is 0.